The van der Waals surface area contributed by atoms with Crippen molar-refractivity contribution in [3.63, 3.8) is 0 Å². The number of piperidine rings is 1. The quantitative estimate of drug-likeness (QED) is 0.447. The second-order valence-electron chi connectivity index (χ2n) is 8.86. The van der Waals surface area contributed by atoms with Gasteiger partial charge in [0.05, 0.1) is 31.5 Å². The Morgan fingerprint density at radius 3 is 2.66 bits per heavy atom. The summed E-state index contributed by atoms with van der Waals surface area (Å²) >= 11 is 3.27. The van der Waals surface area contributed by atoms with Crippen molar-refractivity contribution in [3.05, 3.63) is 46.9 Å². The van der Waals surface area contributed by atoms with E-state index in [0.29, 0.717) is 57.4 Å². The van der Waals surface area contributed by atoms with Crippen LogP contribution in [0.2, 0.25) is 0 Å². The molecule has 186 valence electrons. The number of nitrogens with one attached hydrogen (secondary N) is 1. The van der Waals surface area contributed by atoms with E-state index in [9.17, 15) is 9.18 Å². The van der Waals surface area contributed by atoms with E-state index in [1.54, 1.807) is 25.3 Å². The molecule has 2 aromatic carbocycles. The highest BCUT2D eigenvalue weighted by molar-refractivity contribution is 9.10. The molecular weight excluding hydrogens is 517 g/mol. The van der Waals surface area contributed by atoms with Gasteiger partial charge >= 0.3 is 0 Å². The van der Waals surface area contributed by atoms with E-state index in [1.807, 2.05) is 30.0 Å². The van der Waals surface area contributed by atoms with Crippen LogP contribution in [0.15, 0.2) is 41.1 Å². The molecule has 1 aliphatic heterocycles. The highest BCUT2D eigenvalue weighted by atomic mass is 79.9. The molecule has 4 rings (SSSR count). The summed E-state index contributed by atoms with van der Waals surface area (Å²) in [5, 5.41) is 3.73. The van der Waals surface area contributed by atoms with E-state index in [0.717, 1.165) is 25.9 Å². The number of ether oxygens (including phenoxy) is 2. The number of halogens is 2. The number of aromatic nitrogens is 2. The molecule has 8 nitrogen and oxygen atoms in total. The normalized spacial score (nSPS) is 14.4. The third-order valence-corrected chi connectivity index (χ3v) is 6.49. The summed E-state index contributed by atoms with van der Waals surface area (Å²) in [6.07, 6.45) is 3.21. The average Bonchev–Trinajstić information content (AvgIpc) is 2.84. The van der Waals surface area contributed by atoms with Crippen LogP contribution in [0.3, 0.4) is 0 Å². The molecule has 1 amide bonds. The van der Waals surface area contributed by atoms with Crippen molar-refractivity contribution >= 4 is 44.2 Å². The van der Waals surface area contributed by atoms with E-state index in [1.165, 1.54) is 12.4 Å². The zero-order valence-electron chi connectivity index (χ0n) is 20.1. The molecular formula is C25H29BrFN5O3. The van der Waals surface area contributed by atoms with Crippen molar-refractivity contribution in [3.8, 4) is 11.5 Å². The van der Waals surface area contributed by atoms with Crippen molar-refractivity contribution in [1.82, 2.24) is 19.8 Å². The molecule has 10 heteroatoms. The van der Waals surface area contributed by atoms with Crippen LogP contribution in [0, 0.1) is 11.7 Å². The van der Waals surface area contributed by atoms with E-state index in [4.69, 9.17) is 9.47 Å². The van der Waals surface area contributed by atoms with Gasteiger partial charge in [0, 0.05) is 29.0 Å². The van der Waals surface area contributed by atoms with Crippen molar-refractivity contribution in [2.24, 2.45) is 5.92 Å². The number of rotatable bonds is 8. The van der Waals surface area contributed by atoms with Crippen LogP contribution >= 0.6 is 15.9 Å². The molecule has 0 unspecified atom stereocenters. The van der Waals surface area contributed by atoms with Gasteiger partial charge in [0.2, 0.25) is 5.91 Å². The molecule has 2 heterocycles. The third kappa shape index (κ3) is 6.18. The zero-order chi connectivity index (χ0) is 24.9. The number of amides is 1. The highest BCUT2D eigenvalue weighted by Crippen LogP contribution is 2.36. The minimum atomic E-state index is -0.396. The lowest BCUT2D eigenvalue weighted by atomic mass is 9.97. The number of likely N-dealkylation sites (N-methyl/N-ethyl adjacent to an activating group) is 1. The molecule has 1 N–H and O–H groups in total. The van der Waals surface area contributed by atoms with E-state index in [2.05, 4.69) is 31.2 Å². The molecule has 1 saturated heterocycles. The lowest BCUT2D eigenvalue weighted by Crippen LogP contribution is -2.43. The fourth-order valence-electron chi connectivity index (χ4n) is 4.08. The van der Waals surface area contributed by atoms with Crippen LogP contribution in [-0.2, 0) is 4.79 Å². The number of benzene rings is 2. The third-order valence-electron chi connectivity index (χ3n) is 6.00. The van der Waals surface area contributed by atoms with Gasteiger partial charge in [-0.05, 0) is 57.1 Å². The number of hydrogen-bond acceptors (Lipinski definition) is 7. The first-order valence-corrected chi connectivity index (χ1v) is 12.2. The molecule has 1 aliphatic rings. The summed E-state index contributed by atoms with van der Waals surface area (Å²) in [6, 6.07) is 8.40. The Bertz CT molecular complexity index is 1200. The van der Waals surface area contributed by atoms with Crippen LogP contribution in [0.25, 0.3) is 10.9 Å². The molecule has 1 aromatic heterocycles. The number of carbonyl (C=O) groups excluding carboxylic acids is 1. The molecule has 3 aromatic rings. The van der Waals surface area contributed by atoms with Gasteiger partial charge in [-0.1, -0.05) is 15.9 Å². The van der Waals surface area contributed by atoms with Gasteiger partial charge in [-0.25, -0.2) is 14.4 Å². The van der Waals surface area contributed by atoms with E-state index < -0.39 is 5.82 Å². The largest absolute Gasteiger partial charge is 0.493 e. The van der Waals surface area contributed by atoms with Crippen molar-refractivity contribution in [1.29, 1.82) is 0 Å². The van der Waals surface area contributed by atoms with Crippen LogP contribution in [0.5, 0.6) is 11.5 Å². The minimum Gasteiger partial charge on any atom is -0.493 e. The maximum Gasteiger partial charge on any atom is 0.236 e. The van der Waals surface area contributed by atoms with E-state index in [-0.39, 0.29) is 5.91 Å². The van der Waals surface area contributed by atoms with Crippen molar-refractivity contribution < 1.29 is 18.7 Å². The van der Waals surface area contributed by atoms with Gasteiger partial charge in [-0.2, -0.15) is 0 Å². The number of anilines is 2. The minimum absolute atomic E-state index is 0.165. The zero-order valence-corrected chi connectivity index (χ0v) is 21.6. The monoisotopic (exact) mass is 545 g/mol. The van der Waals surface area contributed by atoms with Crippen LogP contribution in [0.4, 0.5) is 15.9 Å². The van der Waals surface area contributed by atoms with Gasteiger partial charge in [-0.15, -0.1) is 0 Å². The fourth-order valence-corrected chi connectivity index (χ4v) is 4.41. The predicted molar refractivity (Wildman–Crippen MR) is 137 cm³/mol. The second kappa shape index (κ2) is 11.2. The number of methoxy groups -OCH3 is 1. The molecule has 0 atom stereocenters. The lowest BCUT2D eigenvalue weighted by molar-refractivity contribution is -0.133. The Kier molecular flexibility index (Phi) is 8.02. The summed E-state index contributed by atoms with van der Waals surface area (Å²) in [4.78, 5) is 24.8. The Balaban J connectivity index is 1.45. The summed E-state index contributed by atoms with van der Waals surface area (Å²) < 4.78 is 26.7. The number of carbonyl (C=O) groups is 1. The maximum absolute atomic E-state index is 14.3. The first kappa shape index (κ1) is 25.1. The number of hydrogen-bond donors (Lipinski definition) is 1. The molecule has 0 bridgehead atoms. The van der Waals surface area contributed by atoms with Gasteiger partial charge in [0.15, 0.2) is 11.5 Å². The summed E-state index contributed by atoms with van der Waals surface area (Å²) in [5.41, 5.74) is 0.961. The molecule has 0 aliphatic carbocycles. The van der Waals surface area contributed by atoms with E-state index >= 15 is 0 Å². The average molecular weight is 546 g/mol. The standard InChI is InChI=1S/C25H29BrFN5O3/c1-31(2)13-24(33)32-8-6-16(7-9-32)14-35-23-12-21-18(11-22(23)34-3)25(29-15-28-21)30-20-5-4-17(26)10-19(20)27/h4-5,10-12,15-16H,6-9,13-14H2,1-3H3,(H,28,29,30). The first-order chi connectivity index (χ1) is 16.8. The Morgan fingerprint density at radius 2 is 1.97 bits per heavy atom. The Hall–Kier alpha value is -2.98. The summed E-state index contributed by atoms with van der Waals surface area (Å²) in [6.45, 7) is 2.44. The molecule has 0 radical (unpaired) electrons. The van der Waals surface area contributed by atoms with Gasteiger partial charge in [0.25, 0.3) is 0 Å². The van der Waals surface area contributed by atoms with Gasteiger partial charge in [-0.3, -0.25) is 4.79 Å². The Labute approximate surface area is 212 Å². The van der Waals surface area contributed by atoms with Gasteiger partial charge in [0.1, 0.15) is 18.0 Å². The SMILES string of the molecule is COc1cc2c(Nc3ccc(Br)cc3F)ncnc2cc1OCC1CCN(C(=O)CN(C)C)CC1. The van der Waals surface area contributed by atoms with Crippen LogP contribution in [-0.4, -0.2) is 73.1 Å². The fraction of sp³-hybridized carbons (Fsp3) is 0.400. The summed E-state index contributed by atoms with van der Waals surface area (Å²) in [5.74, 6) is 1.72. The molecule has 0 spiro atoms. The number of fused-ring (bicyclic) bond motifs is 1. The molecule has 1 fully saturated rings. The lowest BCUT2D eigenvalue weighted by Gasteiger charge is -2.32. The molecule has 35 heavy (non-hydrogen) atoms. The predicted octanol–water partition coefficient (Wildman–Crippen LogP) is 4.46. The second-order valence-corrected chi connectivity index (χ2v) is 9.78. The highest BCUT2D eigenvalue weighted by Gasteiger charge is 2.24. The number of likely N-dealkylation sites (tertiary alicyclic amines) is 1. The number of nitrogens with zero attached hydrogens (tertiary/aromatic N) is 4. The van der Waals surface area contributed by atoms with Gasteiger partial charge < -0.3 is 24.6 Å². The van der Waals surface area contributed by atoms with Crippen molar-refractivity contribution in [2.45, 2.75) is 12.8 Å². The topological polar surface area (TPSA) is 79.8 Å². The van der Waals surface area contributed by atoms with Crippen LogP contribution in [0.1, 0.15) is 12.8 Å². The first-order valence-electron chi connectivity index (χ1n) is 11.4. The summed E-state index contributed by atoms with van der Waals surface area (Å²) in [7, 11) is 5.38. The maximum atomic E-state index is 14.3. The molecule has 0 saturated carbocycles. The smallest absolute Gasteiger partial charge is 0.236 e. The van der Waals surface area contributed by atoms with Crippen LogP contribution < -0.4 is 14.8 Å². The van der Waals surface area contributed by atoms with Crippen molar-refractivity contribution in [2.75, 3.05) is 52.8 Å². The Morgan fingerprint density at radius 1 is 1.20 bits per heavy atom.